The van der Waals surface area contributed by atoms with Gasteiger partial charge < -0.3 is 5.32 Å². The van der Waals surface area contributed by atoms with Crippen LogP contribution in [0, 0.1) is 18.8 Å². The van der Waals surface area contributed by atoms with Crippen molar-refractivity contribution in [2.75, 3.05) is 11.9 Å². The Hall–Kier alpha value is -1.73. The van der Waals surface area contributed by atoms with Crippen molar-refractivity contribution in [2.24, 2.45) is 11.8 Å². The van der Waals surface area contributed by atoms with E-state index in [1.807, 2.05) is 6.92 Å². The van der Waals surface area contributed by atoms with E-state index in [2.05, 4.69) is 12.2 Å². The summed E-state index contributed by atoms with van der Waals surface area (Å²) in [7, 11) is -4.34. The molecule has 194 valence electrons. The molecule has 0 spiro atoms. The molecule has 0 aromatic heterocycles. The second-order valence-electron chi connectivity index (χ2n) is 9.66. The van der Waals surface area contributed by atoms with Crippen LogP contribution < -0.4 is 5.32 Å². The predicted molar refractivity (Wildman–Crippen MR) is 139 cm³/mol. The molecule has 2 unspecified atom stereocenters. The molecule has 0 aliphatic heterocycles. The number of nitrogens with one attached hydrogen (secondary N) is 1. The number of aryl methyl sites for hydroxylation is 1. The van der Waals surface area contributed by atoms with Crippen LogP contribution in [0.1, 0.15) is 103 Å². The van der Waals surface area contributed by atoms with Gasteiger partial charge in [0.2, 0.25) is 0 Å². The molecule has 1 aromatic rings. The van der Waals surface area contributed by atoms with Gasteiger partial charge in [0.1, 0.15) is 16.5 Å². The van der Waals surface area contributed by atoms with Crippen molar-refractivity contribution < 1.29 is 22.6 Å². The van der Waals surface area contributed by atoms with Gasteiger partial charge in [-0.05, 0) is 57.7 Å². The maximum Gasteiger partial charge on any atom is 0.296 e. The highest BCUT2D eigenvalue weighted by Crippen LogP contribution is 2.26. The molecule has 0 saturated carbocycles. The van der Waals surface area contributed by atoms with Gasteiger partial charge in [0.25, 0.3) is 10.1 Å². The second-order valence-corrected chi connectivity index (χ2v) is 11.0. The van der Waals surface area contributed by atoms with E-state index in [9.17, 15) is 22.6 Å². The number of anilines is 1. The van der Waals surface area contributed by atoms with Gasteiger partial charge in [0.15, 0.2) is 0 Å². The Morgan fingerprint density at radius 1 is 0.882 bits per heavy atom. The number of unbranched alkanes of at least 4 members (excludes halogenated alkanes) is 8. The number of carbonyl (C=O) groups excluding carboxylic acids is 2. The Bertz CT molecular complexity index is 866. The monoisotopic (exact) mass is 495 g/mol. The van der Waals surface area contributed by atoms with E-state index in [4.69, 9.17) is 0 Å². The molecule has 0 fully saturated rings. The molecule has 34 heavy (non-hydrogen) atoms. The number of hydrogen-bond donors (Lipinski definition) is 2. The average molecular weight is 496 g/mol. The summed E-state index contributed by atoms with van der Waals surface area (Å²) < 4.78 is 32.7. The van der Waals surface area contributed by atoms with Crippen molar-refractivity contribution in [3.63, 3.8) is 0 Å². The van der Waals surface area contributed by atoms with Crippen molar-refractivity contribution >= 4 is 27.4 Å². The van der Waals surface area contributed by atoms with Crippen LogP contribution in [0.25, 0.3) is 0 Å². The summed E-state index contributed by atoms with van der Waals surface area (Å²) in [4.78, 5) is 24.3. The zero-order valence-corrected chi connectivity index (χ0v) is 22.4. The minimum absolute atomic E-state index is 0.0411. The first-order valence-corrected chi connectivity index (χ1v) is 14.3. The van der Waals surface area contributed by atoms with E-state index in [0.29, 0.717) is 25.1 Å². The Balaban J connectivity index is 2.54. The van der Waals surface area contributed by atoms with Crippen molar-refractivity contribution in [1.29, 1.82) is 0 Å². The minimum atomic E-state index is -4.34. The molecular weight excluding hydrogens is 450 g/mol. The molecule has 0 amide bonds. The maximum atomic E-state index is 12.3. The molecule has 7 heteroatoms. The van der Waals surface area contributed by atoms with E-state index < -0.39 is 10.1 Å². The molecule has 0 aliphatic carbocycles. The summed E-state index contributed by atoms with van der Waals surface area (Å²) >= 11 is 0. The molecule has 2 atom stereocenters. The van der Waals surface area contributed by atoms with E-state index in [1.54, 1.807) is 26.0 Å². The smallest absolute Gasteiger partial charge is 0.296 e. The number of benzene rings is 1. The lowest BCUT2D eigenvalue weighted by atomic mass is 9.84. The van der Waals surface area contributed by atoms with E-state index >= 15 is 0 Å². The summed E-state index contributed by atoms with van der Waals surface area (Å²) in [6.07, 6.45) is 12.9. The summed E-state index contributed by atoms with van der Waals surface area (Å²) in [5, 5.41) is 3.06. The first-order chi connectivity index (χ1) is 16.1. The molecular formula is C27H45NO5S. The van der Waals surface area contributed by atoms with Crippen LogP contribution in [0.3, 0.4) is 0 Å². The van der Waals surface area contributed by atoms with Gasteiger partial charge in [-0.3, -0.25) is 14.1 Å². The van der Waals surface area contributed by atoms with Crippen molar-refractivity contribution in [1.82, 2.24) is 0 Å². The number of carbonyl (C=O) groups is 2. The molecule has 2 N–H and O–H groups in total. The van der Waals surface area contributed by atoms with Crippen LogP contribution in [0.5, 0.6) is 0 Å². The third-order valence-electron chi connectivity index (χ3n) is 6.60. The minimum Gasteiger partial charge on any atom is -0.384 e. The Kier molecular flexibility index (Phi) is 14.3. The SMILES string of the molecule is CCCCCCCCCCCC(CC(CCNc1cc(C)ccc1S(=O)(=O)O)C(C)=O)C(C)=O. The summed E-state index contributed by atoms with van der Waals surface area (Å²) in [5.74, 6) is -0.213. The number of hydrogen-bond acceptors (Lipinski definition) is 5. The molecule has 0 saturated heterocycles. The largest absolute Gasteiger partial charge is 0.384 e. The van der Waals surface area contributed by atoms with Crippen LogP contribution in [0.4, 0.5) is 5.69 Å². The molecule has 0 aliphatic rings. The summed E-state index contributed by atoms with van der Waals surface area (Å²) in [5.41, 5.74) is 1.18. The third-order valence-corrected chi connectivity index (χ3v) is 7.51. The van der Waals surface area contributed by atoms with Gasteiger partial charge in [-0.2, -0.15) is 8.42 Å². The van der Waals surface area contributed by atoms with Crippen LogP contribution in [-0.4, -0.2) is 31.1 Å². The first kappa shape index (κ1) is 30.3. The Labute approximate surface area is 207 Å². The lowest BCUT2D eigenvalue weighted by molar-refractivity contribution is -0.124. The fraction of sp³-hybridized carbons (Fsp3) is 0.704. The zero-order valence-electron chi connectivity index (χ0n) is 21.6. The molecule has 6 nitrogen and oxygen atoms in total. The van der Waals surface area contributed by atoms with Crippen LogP contribution in [-0.2, 0) is 19.7 Å². The fourth-order valence-electron chi connectivity index (χ4n) is 4.41. The van der Waals surface area contributed by atoms with Gasteiger partial charge in [0.05, 0.1) is 5.69 Å². The predicted octanol–water partition coefficient (Wildman–Crippen LogP) is 6.77. The standard InChI is InChI=1S/C27H45NO5S/c1-5-6-7-8-9-10-11-12-13-14-24(22(3)29)20-25(23(4)30)17-18-28-26-19-21(2)15-16-27(26)34(31,32)33/h15-16,19,24-25,28H,5-14,17-18,20H2,1-4H3,(H,31,32,33). The zero-order chi connectivity index (χ0) is 25.6. The molecule has 1 aromatic carbocycles. The lowest BCUT2D eigenvalue weighted by Gasteiger charge is -2.21. The van der Waals surface area contributed by atoms with Crippen LogP contribution in [0.2, 0.25) is 0 Å². The van der Waals surface area contributed by atoms with E-state index in [0.717, 1.165) is 24.8 Å². The summed E-state index contributed by atoms with van der Waals surface area (Å²) in [6, 6.07) is 4.65. The van der Waals surface area contributed by atoms with Gasteiger partial charge in [-0.15, -0.1) is 0 Å². The third kappa shape index (κ3) is 12.1. The second kappa shape index (κ2) is 16.0. The average Bonchev–Trinajstić information content (AvgIpc) is 2.74. The van der Waals surface area contributed by atoms with Crippen LogP contribution in [0.15, 0.2) is 23.1 Å². The molecule has 0 heterocycles. The molecule has 0 radical (unpaired) electrons. The van der Waals surface area contributed by atoms with Crippen molar-refractivity contribution in [3.05, 3.63) is 23.8 Å². The quantitative estimate of drug-likeness (QED) is 0.162. The molecule has 0 bridgehead atoms. The normalized spacial score (nSPS) is 13.4. The first-order valence-electron chi connectivity index (χ1n) is 12.9. The number of rotatable bonds is 19. The topological polar surface area (TPSA) is 101 Å². The van der Waals surface area contributed by atoms with Gasteiger partial charge >= 0.3 is 0 Å². The van der Waals surface area contributed by atoms with Crippen molar-refractivity contribution in [2.45, 2.75) is 110 Å². The van der Waals surface area contributed by atoms with Gasteiger partial charge in [0, 0.05) is 18.4 Å². The number of Topliss-reactive ketones (excluding diaryl/α,β-unsaturated/α-hetero) is 2. The molecule has 1 rings (SSSR count). The van der Waals surface area contributed by atoms with Crippen molar-refractivity contribution in [3.8, 4) is 0 Å². The Morgan fingerprint density at radius 2 is 1.41 bits per heavy atom. The summed E-state index contributed by atoms with van der Waals surface area (Å²) in [6.45, 7) is 7.60. The number of ketones is 2. The van der Waals surface area contributed by atoms with Gasteiger partial charge in [-0.1, -0.05) is 70.8 Å². The highest BCUT2D eigenvalue weighted by molar-refractivity contribution is 7.86. The highest BCUT2D eigenvalue weighted by atomic mass is 32.2. The van der Waals surface area contributed by atoms with E-state index in [-0.39, 0.29) is 28.3 Å². The highest BCUT2D eigenvalue weighted by Gasteiger charge is 2.23. The van der Waals surface area contributed by atoms with E-state index in [1.165, 1.54) is 51.0 Å². The van der Waals surface area contributed by atoms with Gasteiger partial charge in [-0.25, -0.2) is 0 Å². The Morgan fingerprint density at radius 3 is 1.94 bits per heavy atom. The fourth-order valence-corrected chi connectivity index (χ4v) is 5.06. The van der Waals surface area contributed by atoms with Crippen LogP contribution >= 0.6 is 0 Å². The lowest BCUT2D eigenvalue weighted by Crippen LogP contribution is -2.23. The maximum absolute atomic E-state index is 12.3.